The lowest BCUT2D eigenvalue weighted by molar-refractivity contribution is 0.299. The molecule has 130 valence electrons. The summed E-state index contributed by atoms with van der Waals surface area (Å²) < 4.78 is 37.3. The van der Waals surface area contributed by atoms with Crippen molar-refractivity contribution in [2.75, 3.05) is 0 Å². The van der Waals surface area contributed by atoms with Crippen molar-refractivity contribution >= 4 is 0 Å². The molecule has 0 fully saturated rings. The first-order valence-corrected chi connectivity index (χ1v) is 7.84. The highest BCUT2D eigenvalue weighted by Crippen LogP contribution is 2.25. The van der Waals surface area contributed by atoms with Crippen molar-refractivity contribution in [1.82, 2.24) is 10.1 Å². The van der Waals surface area contributed by atoms with Gasteiger partial charge in [-0.05, 0) is 36.4 Å². The van der Waals surface area contributed by atoms with Crippen LogP contribution in [0.1, 0.15) is 32.2 Å². The van der Waals surface area contributed by atoms with E-state index in [9.17, 15) is 8.78 Å². The van der Waals surface area contributed by atoms with E-state index in [1.807, 2.05) is 20.8 Å². The highest BCUT2D eigenvalue weighted by molar-refractivity contribution is 5.55. The summed E-state index contributed by atoms with van der Waals surface area (Å²) in [5.41, 5.74) is 0.867. The second kappa shape index (κ2) is 6.63. The molecule has 0 amide bonds. The molecule has 3 aromatic rings. The second-order valence-electron chi connectivity index (χ2n) is 6.72. The summed E-state index contributed by atoms with van der Waals surface area (Å²) in [5, 5.41) is 3.98. The number of hydrogen-bond donors (Lipinski definition) is 0. The van der Waals surface area contributed by atoms with Gasteiger partial charge in [-0.2, -0.15) is 4.98 Å². The van der Waals surface area contributed by atoms with Gasteiger partial charge in [0.1, 0.15) is 24.0 Å². The molecule has 3 rings (SSSR count). The lowest BCUT2D eigenvalue weighted by Gasteiger charge is -2.10. The zero-order valence-corrected chi connectivity index (χ0v) is 14.2. The Labute approximate surface area is 144 Å². The fourth-order valence-electron chi connectivity index (χ4n) is 2.15. The molecule has 0 N–H and O–H groups in total. The van der Waals surface area contributed by atoms with Crippen molar-refractivity contribution < 1.29 is 18.0 Å². The van der Waals surface area contributed by atoms with Crippen molar-refractivity contribution in [3.63, 3.8) is 0 Å². The average Bonchev–Trinajstić information content (AvgIpc) is 3.05. The van der Waals surface area contributed by atoms with Crippen LogP contribution in [-0.2, 0) is 12.0 Å². The van der Waals surface area contributed by atoms with Gasteiger partial charge in [0.15, 0.2) is 0 Å². The largest absolute Gasteiger partial charge is 0.489 e. The number of benzene rings is 2. The fourth-order valence-corrected chi connectivity index (χ4v) is 2.15. The van der Waals surface area contributed by atoms with Crippen LogP contribution in [0.5, 0.6) is 5.75 Å². The van der Waals surface area contributed by atoms with Gasteiger partial charge in [-0.15, -0.1) is 0 Å². The lowest BCUT2D eigenvalue weighted by Crippen LogP contribution is -2.11. The van der Waals surface area contributed by atoms with Crippen LogP contribution in [0, 0.1) is 11.6 Å². The van der Waals surface area contributed by atoms with E-state index < -0.39 is 11.6 Å². The SMILES string of the molecule is CC(C)(C)c1nc(-c2ccc(OCc3ccc(F)cc3F)cc2)no1. The molecule has 0 atom stereocenters. The van der Waals surface area contributed by atoms with Gasteiger partial charge < -0.3 is 9.26 Å². The Hall–Kier alpha value is -2.76. The third kappa shape index (κ3) is 4.02. The van der Waals surface area contributed by atoms with Gasteiger partial charge in [0.05, 0.1) is 0 Å². The molecule has 1 heterocycles. The molecule has 0 saturated heterocycles. The fraction of sp³-hybridized carbons (Fsp3) is 0.263. The number of aromatic nitrogens is 2. The maximum Gasteiger partial charge on any atom is 0.232 e. The van der Waals surface area contributed by atoms with Crippen LogP contribution >= 0.6 is 0 Å². The van der Waals surface area contributed by atoms with E-state index in [4.69, 9.17) is 9.26 Å². The van der Waals surface area contributed by atoms with Crippen LogP contribution in [0.4, 0.5) is 8.78 Å². The summed E-state index contributed by atoms with van der Waals surface area (Å²) in [6, 6.07) is 10.5. The molecule has 2 aromatic carbocycles. The number of rotatable bonds is 4. The number of halogens is 2. The molecule has 0 aliphatic carbocycles. The Kier molecular flexibility index (Phi) is 4.53. The highest BCUT2D eigenvalue weighted by Gasteiger charge is 2.22. The quantitative estimate of drug-likeness (QED) is 0.676. The Morgan fingerprint density at radius 2 is 1.76 bits per heavy atom. The summed E-state index contributed by atoms with van der Waals surface area (Å²) in [7, 11) is 0. The van der Waals surface area contributed by atoms with Crippen LogP contribution < -0.4 is 4.74 Å². The van der Waals surface area contributed by atoms with E-state index in [-0.39, 0.29) is 12.0 Å². The Morgan fingerprint density at radius 1 is 1.04 bits per heavy atom. The van der Waals surface area contributed by atoms with E-state index in [1.165, 1.54) is 12.1 Å². The zero-order valence-electron chi connectivity index (χ0n) is 14.2. The van der Waals surface area contributed by atoms with Crippen LogP contribution in [0.3, 0.4) is 0 Å². The normalized spacial score (nSPS) is 11.6. The maximum atomic E-state index is 13.6. The van der Waals surface area contributed by atoms with Gasteiger partial charge >= 0.3 is 0 Å². The minimum absolute atomic E-state index is 0.0157. The summed E-state index contributed by atoms with van der Waals surface area (Å²) in [6.45, 7) is 6.00. The summed E-state index contributed by atoms with van der Waals surface area (Å²) >= 11 is 0. The first-order valence-electron chi connectivity index (χ1n) is 7.84. The first kappa shape index (κ1) is 17.1. The van der Waals surface area contributed by atoms with Crippen LogP contribution in [0.25, 0.3) is 11.4 Å². The van der Waals surface area contributed by atoms with Crippen molar-refractivity contribution in [3.05, 3.63) is 65.6 Å². The summed E-state index contributed by atoms with van der Waals surface area (Å²) in [4.78, 5) is 4.39. The van der Waals surface area contributed by atoms with E-state index in [2.05, 4.69) is 10.1 Å². The van der Waals surface area contributed by atoms with Crippen LogP contribution in [-0.4, -0.2) is 10.1 Å². The summed E-state index contributed by atoms with van der Waals surface area (Å²) in [6.07, 6.45) is 0. The van der Waals surface area contributed by atoms with Crippen molar-refractivity contribution in [1.29, 1.82) is 0 Å². The Bertz CT molecular complexity index is 868. The second-order valence-corrected chi connectivity index (χ2v) is 6.72. The lowest BCUT2D eigenvalue weighted by atomic mass is 9.97. The molecular weight excluding hydrogens is 326 g/mol. The maximum absolute atomic E-state index is 13.6. The van der Waals surface area contributed by atoms with E-state index in [0.717, 1.165) is 11.6 Å². The molecule has 6 heteroatoms. The number of hydrogen-bond acceptors (Lipinski definition) is 4. The van der Waals surface area contributed by atoms with Crippen LogP contribution in [0.15, 0.2) is 47.0 Å². The molecular formula is C19H18F2N2O2. The van der Waals surface area contributed by atoms with Gasteiger partial charge in [0, 0.05) is 22.6 Å². The monoisotopic (exact) mass is 344 g/mol. The minimum atomic E-state index is -0.627. The third-order valence-electron chi connectivity index (χ3n) is 3.59. The molecule has 0 aliphatic heterocycles. The smallest absolute Gasteiger partial charge is 0.232 e. The topological polar surface area (TPSA) is 48.2 Å². The van der Waals surface area contributed by atoms with E-state index in [0.29, 0.717) is 23.0 Å². The highest BCUT2D eigenvalue weighted by atomic mass is 19.1. The van der Waals surface area contributed by atoms with Gasteiger partial charge in [-0.1, -0.05) is 25.9 Å². The molecule has 0 bridgehead atoms. The molecule has 25 heavy (non-hydrogen) atoms. The summed E-state index contributed by atoms with van der Waals surface area (Å²) in [5.74, 6) is 0.390. The minimum Gasteiger partial charge on any atom is -0.489 e. The molecule has 0 aliphatic rings. The molecule has 4 nitrogen and oxygen atoms in total. The standard InChI is InChI=1S/C19H18F2N2O2/c1-19(2,3)18-22-17(23-25-18)12-5-8-15(9-6-12)24-11-13-4-7-14(20)10-16(13)21/h4-10H,11H2,1-3H3. The molecule has 0 spiro atoms. The molecule has 0 unspecified atom stereocenters. The third-order valence-corrected chi connectivity index (χ3v) is 3.59. The van der Waals surface area contributed by atoms with E-state index >= 15 is 0 Å². The number of nitrogens with zero attached hydrogens (tertiary/aromatic N) is 2. The van der Waals surface area contributed by atoms with Gasteiger partial charge in [0.25, 0.3) is 0 Å². The van der Waals surface area contributed by atoms with Gasteiger partial charge in [0.2, 0.25) is 11.7 Å². The van der Waals surface area contributed by atoms with E-state index in [1.54, 1.807) is 24.3 Å². The average molecular weight is 344 g/mol. The van der Waals surface area contributed by atoms with Crippen molar-refractivity contribution in [2.24, 2.45) is 0 Å². The molecule has 0 saturated carbocycles. The zero-order chi connectivity index (χ0) is 18.0. The Balaban J connectivity index is 1.69. The predicted molar refractivity (Wildman–Crippen MR) is 89.1 cm³/mol. The molecule has 0 radical (unpaired) electrons. The van der Waals surface area contributed by atoms with Crippen molar-refractivity contribution in [2.45, 2.75) is 32.8 Å². The van der Waals surface area contributed by atoms with Gasteiger partial charge in [-0.3, -0.25) is 0 Å². The van der Waals surface area contributed by atoms with Gasteiger partial charge in [-0.25, -0.2) is 8.78 Å². The Morgan fingerprint density at radius 3 is 2.36 bits per heavy atom. The van der Waals surface area contributed by atoms with Crippen molar-refractivity contribution in [3.8, 4) is 17.1 Å². The predicted octanol–water partition coefficient (Wildman–Crippen LogP) is 4.89. The first-order chi connectivity index (χ1) is 11.8. The van der Waals surface area contributed by atoms with Crippen LogP contribution in [0.2, 0.25) is 0 Å². The number of ether oxygens (including phenoxy) is 1. The molecule has 1 aromatic heterocycles.